The minimum absolute atomic E-state index is 0.0890. The topological polar surface area (TPSA) is 77.4 Å². The number of hydrogen-bond acceptors (Lipinski definition) is 4. The monoisotopic (exact) mass is 390 g/mol. The van der Waals surface area contributed by atoms with E-state index in [4.69, 9.17) is 4.74 Å². The molecule has 0 aliphatic heterocycles. The van der Waals surface area contributed by atoms with Gasteiger partial charge in [0.25, 0.3) is 11.5 Å². The summed E-state index contributed by atoms with van der Waals surface area (Å²) in [6, 6.07) is 17.4. The van der Waals surface area contributed by atoms with E-state index < -0.39 is 0 Å². The van der Waals surface area contributed by atoms with Gasteiger partial charge in [0.2, 0.25) is 0 Å². The summed E-state index contributed by atoms with van der Waals surface area (Å²) >= 11 is 0. The summed E-state index contributed by atoms with van der Waals surface area (Å²) in [5, 5.41) is 2.82. The molecule has 1 heterocycles. The van der Waals surface area contributed by atoms with Crippen LogP contribution in [-0.4, -0.2) is 16.4 Å². The highest BCUT2D eigenvalue weighted by Gasteiger charge is 2.08. The first-order chi connectivity index (χ1) is 14.0. The van der Waals surface area contributed by atoms with E-state index in [1.165, 1.54) is 13.0 Å². The second-order valence-corrected chi connectivity index (χ2v) is 6.60. The molecule has 2 aromatic carbocycles. The Morgan fingerprint density at radius 2 is 1.55 bits per heavy atom. The number of amides is 1. The minimum atomic E-state index is -0.363. The Kier molecular flexibility index (Phi) is 6.24. The number of nitrogens with one attached hydrogen (secondary N) is 1. The quantitative estimate of drug-likeness (QED) is 0.508. The van der Waals surface area contributed by atoms with Crippen molar-refractivity contribution < 1.29 is 14.3 Å². The molecule has 6 nitrogen and oxygen atoms in total. The Bertz CT molecular complexity index is 1070. The third-order valence-electron chi connectivity index (χ3n) is 4.30. The van der Waals surface area contributed by atoms with Crippen LogP contribution in [0.3, 0.4) is 0 Å². The fraction of sp³-hybridized carbons (Fsp3) is 0.174. The van der Waals surface area contributed by atoms with Crippen molar-refractivity contribution >= 4 is 17.6 Å². The lowest BCUT2D eigenvalue weighted by Gasteiger charge is -2.09. The minimum Gasteiger partial charge on any atom is -0.427 e. The number of carbonyl (C=O) groups is 2. The van der Waals surface area contributed by atoms with Gasteiger partial charge in [-0.05, 0) is 47.9 Å². The molecule has 6 heteroatoms. The standard InChI is InChI=1S/C23H22N2O4/c1-3-14-25-15-20(10-13-22(25)27)24-23(28)19-6-4-17(5-7-19)18-8-11-21(12-9-18)29-16(2)26/h4-13,15H,3,14H2,1-2H3,(H,24,28). The summed E-state index contributed by atoms with van der Waals surface area (Å²) < 4.78 is 6.61. The van der Waals surface area contributed by atoms with Crippen LogP contribution in [-0.2, 0) is 11.3 Å². The highest BCUT2D eigenvalue weighted by Crippen LogP contribution is 2.23. The van der Waals surface area contributed by atoms with E-state index in [-0.39, 0.29) is 17.4 Å². The van der Waals surface area contributed by atoms with Gasteiger partial charge in [0.1, 0.15) is 5.75 Å². The number of ether oxygens (including phenoxy) is 1. The van der Waals surface area contributed by atoms with Gasteiger partial charge in [-0.15, -0.1) is 0 Å². The van der Waals surface area contributed by atoms with Crippen molar-refractivity contribution in [1.29, 1.82) is 0 Å². The Morgan fingerprint density at radius 3 is 2.14 bits per heavy atom. The van der Waals surface area contributed by atoms with Crippen LogP contribution >= 0.6 is 0 Å². The summed E-state index contributed by atoms with van der Waals surface area (Å²) in [5.74, 6) is -0.122. The number of pyridine rings is 1. The molecule has 0 aliphatic carbocycles. The van der Waals surface area contributed by atoms with Gasteiger partial charge in [0, 0.05) is 31.3 Å². The molecule has 0 saturated carbocycles. The molecule has 1 aromatic heterocycles. The number of hydrogen-bond donors (Lipinski definition) is 1. The van der Waals surface area contributed by atoms with Crippen LogP contribution in [0.15, 0.2) is 71.7 Å². The number of carbonyl (C=O) groups excluding carboxylic acids is 2. The van der Waals surface area contributed by atoms with Gasteiger partial charge < -0.3 is 14.6 Å². The highest BCUT2D eigenvalue weighted by atomic mass is 16.5. The Morgan fingerprint density at radius 1 is 0.931 bits per heavy atom. The van der Waals surface area contributed by atoms with Crippen LogP contribution < -0.4 is 15.6 Å². The lowest BCUT2D eigenvalue weighted by atomic mass is 10.0. The molecule has 0 aliphatic rings. The van der Waals surface area contributed by atoms with Gasteiger partial charge in [0.05, 0.1) is 5.69 Å². The molecule has 148 valence electrons. The van der Waals surface area contributed by atoms with Crippen molar-refractivity contribution in [3.63, 3.8) is 0 Å². The maximum Gasteiger partial charge on any atom is 0.308 e. The second-order valence-electron chi connectivity index (χ2n) is 6.60. The molecule has 3 aromatic rings. The van der Waals surface area contributed by atoms with Gasteiger partial charge in [0.15, 0.2) is 0 Å². The average molecular weight is 390 g/mol. The number of rotatable bonds is 6. The number of benzene rings is 2. The van der Waals surface area contributed by atoms with Gasteiger partial charge >= 0.3 is 5.97 Å². The first kappa shape index (κ1) is 20.1. The molecule has 0 radical (unpaired) electrons. The predicted molar refractivity (Wildman–Crippen MR) is 112 cm³/mol. The van der Waals surface area contributed by atoms with E-state index in [9.17, 15) is 14.4 Å². The van der Waals surface area contributed by atoms with Crippen molar-refractivity contribution in [3.8, 4) is 16.9 Å². The van der Waals surface area contributed by atoms with Crippen molar-refractivity contribution in [2.24, 2.45) is 0 Å². The zero-order valence-corrected chi connectivity index (χ0v) is 16.3. The SMILES string of the molecule is CCCn1cc(NC(=O)c2ccc(-c3ccc(OC(C)=O)cc3)cc2)ccc1=O. The summed E-state index contributed by atoms with van der Waals surface area (Å²) in [4.78, 5) is 35.3. The molecule has 0 unspecified atom stereocenters. The Labute approximate surface area is 168 Å². The van der Waals surface area contributed by atoms with Crippen molar-refractivity contribution in [2.45, 2.75) is 26.8 Å². The summed E-state index contributed by atoms with van der Waals surface area (Å²) in [5.41, 5.74) is 2.88. The van der Waals surface area contributed by atoms with Gasteiger partial charge in [-0.3, -0.25) is 14.4 Å². The van der Waals surface area contributed by atoms with Crippen molar-refractivity contribution in [1.82, 2.24) is 4.57 Å². The van der Waals surface area contributed by atoms with Crippen LogP contribution in [0.25, 0.3) is 11.1 Å². The first-order valence-corrected chi connectivity index (χ1v) is 9.37. The smallest absolute Gasteiger partial charge is 0.308 e. The largest absolute Gasteiger partial charge is 0.427 e. The Balaban J connectivity index is 1.71. The predicted octanol–water partition coefficient (Wildman–Crippen LogP) is 4.10. The van der Waals surface area contributed by atoms with Crippen LogP contribution in [0, 0.1) is 0 Å². The fourth-order valence-corrected chi connectivity index (χ4v) is 2.92. The second kappa shape index (κ2) is 9.01. The number of anilines is 1. The zero-order chi connectivity index (χ0) is 20.8. The molecule has 0 fully saturated rings. The number of aromatic nitrogens is 1. The lowest BCUT2D eigenvalue weighted by molar-refractivity contribution is -0.131. The number of nitrogens with zero attached hydrogens (tertiary/aromatic N) is 1. The van der Waals surface area contributed by atoms with Crippen molar-refractivity contribution in [3.05, 3.63) is 82.8 Å². The highest BCUT2D eigenvalue weighted by molar-refractivity contribution is 6.04. The molecule has 3 rings (SSSR count). The van der Waals surface area contributed by atoms with Crippen LogP contribution in [0.4, 0.5) is 5.69 Å². The van der Waals surface area contributed by atoms with E-state index in [1.807, 2.05) is 31.2 Å². The number of esters is 1. The molecular formula is C23H22N2O4. The van der Waals surface area contributed by atoms with Crippen LogP contribution in [0.2, 0.25) is 0 Å². The average Bonchev–Trinajstić information content (AvgIpc) is 2.71. The maximum atomic E-state index is 12.5. The van der Waals surface area contributed by atoms with E-state index in [1.54, 1.807) is 41.1 Å². The van der Waals surface area contributed by atoms with E-state index in [0.29, 0.717) is 23.5 Å². The molecule has 0 atom stereocenters. The van der Waals surface area contributed by atoms with E-state index in [0.717, 1.165) is 17.5 Å². The van der Waals surface area contributed by atoms with Gasteiger partial charge in [-0.2, -0.15) is 0 Å². The number of aryl methyl sites for hydroxylation is 1. The zero-order valence-electron chi connectivity index (χ0n) is 16.3. The normalized spacial score (nSPS) is 10.4. The molecule has 0 bridgehead atoms. The molecule has 29 heavy (non-hydrogen) atoms. The molecular weight excluding hydrogens is 368 g/mol. The van der Waals surface area contributed by atoms with Gasteiger partial charge in [-0.1, -0.05) is 31.2 Å². The maximum absolute atomic E-state index is 12.5. The summed E-state index contributed by atoms with van der Waals surface area (Å²) in [7, 11) is 0. The van der Waals surface area contributed by atoms with E-state index in [2.05, 4.69) is 5.32 Å². The third kappa shape index (κ3) is 5.19. The fourth-order valence-electron chi connectivity index (χ4n) is 2.92. The molecule has 0 spiro atoms. The third-order valence-corrected chi connectivity index (χ3v) is 4.30. The molecule has 1 N–H and O–H groups in total. The van der Waals surface area contributed by atoms with Gasteiger partial charge in [-0.25, -0.2) is 0 Å². The first-order valence-electron chi connectivity index (χ1n) is 9.37. The lowest BCUT2D eigenvalue weighted by Crippen LogP contribution is -2.20. The summed E-state index contributed by atoms with van der Waals surface area (Å²) in [6.07, 6.45) is 2.49. The van der Waals surface area contributed by atoms with E-state index >= 15 is 0 Å². The molecule has 0 saturated heterocycles. The molecule has 1 amide bonds. The van der Waals surface area contributed by atoms with Crippen molar-refractivity contribution in [2.75, 3.05) is 5.32 Å². The Hall–Kier alpha value is -3.67. The van der Waals surface area contributed by atoms with Crippen LogP contribution in [0.1, 0.15) is 30.6 Å². The summed E-state index contributed by atoms with van der Waals surface area (Å²) in [6.45, 7) is 3.95. The van der Waals surface area contributed by atoms with Crippen LogP contribution in [0.5, 0.6) is 5.75 Å².